The van der Waals surface area contributed by atoms with E-state index in [0.717, 1.165) is 12.7 Å². The Hall–Kier alpha value is -0.450. The number of methoxy groups -OCH3 is 2. The third-order valence-electron chi connectivity index (χ3n) is 1.70. The number of hydrogen-bond donors (Lipinski definition) is 1. The predicted octanol–water partition coefficient (Wildman–Crippen LogP) is 0.685. The Morgan fingerprint density at radius 1 is 1.33 bits per heavy atom. The lowest BCUT2D eigenvalue weighted by molar-refractivity contribution is -0.342. The molecule has 0 rings (SSSR count). The number of unbranched alkanes of at least 4 members (excludes halogenated alkanes) is 2. The van der Waals surface area contributed by atoms with Crippen LogP contribution in [0.2, 0.25) is 0 Å². The van der Waals surface area contributed by atoms with Crippen molar-refractivity contribution in [3.05, 3.63) is 0 Å². The van der Waals surface area contributed by atoms with Crippen molar-refractivity contribution in [2.75, 3.05) is 14.2 Å². The fraction of sp³-hybridized carbons (Fsp3) is 0.875. The summed E-state index contributed by atoms with van der Waals surface area (Å²) in [7, 11) is 2.76. The molecule has 0 aromatic heterocycles. The maximum atomic E-state index is 9.94. The van der Waals surface area contributed by atoms with Crippen molar-refractivity contribution in [2.45, 2.75) is 31.7 Å². The molecule has 4 heteroatoms. The van der Waals surface area contributed by atoms with E-state index in [9.17, 15) is 9.90 Å². The van der Waals surface area contributed by atoms with Gasteiger partial charge in [0, 0.05) is 27.1 Å². The molecule has 0 bridgehead atoms. The Balaban J connectivity index is 3.51. The van der Waals surface area contributed by atoms with Crippen molar-refractivity contribution < 1.29 is 19.4 Å². The molecule has 0 atom stereocenters. The molecule has 0 aliphatic heterocycles. The topological polar surface area (TPSA) is 55.8 Å². The number of carbonyl (C=O) groups excluding carboxylic acids is 1. The van der Waals surface area contributed by atoms with Gasteiger partial charge in [-0.2, -0.15) is 0 Å². The summed E-state index contributed by atoms with van der Waals surface area (Å²) in [6, 6.07) is 0. The van der Waals surface area contributed by atoms with Crippen molar-refractivity contribution in [1.82, 2.24) is 0 Å². The largest absolute Gasteiger partial charge is 0.343 e. The van der Waals surface area contributed by atoms with Crippen LogP contribution in [0.1, 0.15) is 25.7 Å². The average Bonchev–Trinajstić information content (AvgIpc) is 2.12. The molecule has 0 saturated heterocycles. The fourth-order valence-electron chi connectivity index (χ4n) is 0.864. The fourth-order valence-corrected chi connectivity index (χ4v) is 0.864. The van der Waals surface area contributed by atoms with Crippen LogP contribution in [-0.2, 0) is 14.3 Å². The van der Waals surface area contributed by atoms with Crippen LogP contribution < -0.4 is 0 Å². The first kappa shape index (κ1) is 11.6. The minimum atomic E-state index is -1.48. The quantitative estimate of drug-likeness (QED) is 0.352. The predicted molar refractivity (Wildman–Crippen MR) is 43.5 cm³/mol. The molecule has 0 heterocycles. The minimum Gasteiger partial charge on any atom is -0.343 e. The number of aliphatic hydroxyl groups is 1. The van der Waals surface area contributed by atoms with Gasteiger partial charge in [-0.15, -0.1) is 0 Å². The standard InChI is InChI=1S/C8H16O4/c1-11-8(10,12-2)6-4-3-5-7-9/h7,10H,3-6H2,1-2H3. The summed E-state index contributed by atoms with van der Waals surface area (Å²) in [5, 5.41) is 9.40. The Kier molecular flexibility index (Phi) is 5.88. The molecule has 1 N–H and O–H groups in total. The molecule has 12 heavy (non-hydrogen) atoms. The highest BCUT2D eigenvalue weighted by Gasteiger charge is 2.24. The third-order valence-corrected chi connectivity index (χ3v) is 1.70. The molecule has 0 radical (unpaired) electrons. The molecule has 4 nitrogen and oxygen atoms in total. The van der Waals surface area contributed by atoms with Crippen LogP contribution in [0.4, 0.5) is 0 Å². The highest BCUT2D eigenvalue weighted by molar-refractivity contribution is 5.48. The van der Waals surface area contributed by atoms with Gasteiger partial charge in [0.1, 0.15) is 6.29 Å². The first-order valence-corrected chi connectivity index (χ1v) is 3.95. The maximum absolute atomic E-state index is 9.94. The van der Waals surface area contributed by atoms with E-state index in [-0.39, 0.29) is 0 Å². The van der Waals surface area contributed by atoms with Gasteiger partial charge in [0.15, 0.2) is 0 Å². The van der Waals surface area contributed by atoms with Crippen molar-refractivity contribution in [3.63, 3.8) is 0 Å². The molecule has 0 unspecified atom stereocenters. The lowest BCUT2D eigenvalue weighted by atomic mass is 10.2. The molecule has 0 aliphatic carbocycles. The molecular formula is C8H16O4. The van der Waals surface area contributed by atoms with E-state index in [4.69, 9.17) is 9.47 Å². The molecule has 0 fully saturated rings. The van der Waals surface area contributed by atoms with E-state index in [1.54, 1.807) is 0 Å². The number of rotatable bonds is 7. The molecule has 0 aromatic carbocycles. The van der Waals surface area contributed by atoms with Crippen LogP contribution >= 0.6 is 0 Å². The Bertz CT molecular complexity index is 120. The van der Waals surface area contributed by atoms with Crippen molar-refractivity contribution in [2.24, 2.45) is 0 Å². The molecule has 0 spiro atoms. The molecule has 72 valence electrons. The second kappa shape index (κ2) is 6.11. The summed E-state index contributed by atoms with van der Waals surface area (Å²) < 4.78 is 9.42. The summed E-state index contributed by atoms with van der Waals surface area (Å²) in [6.07, 6.45) is 3.21. The second-order valence-electron chi connectivity index (χ2n) is 2.53. The number of aldehydes is 1. The van der Waals surface area contributed by atoms with Crippen LogP contribution in [-0.4, -0.2) is 31.6 Å². The zero-order valence-electron chi connectivity index (χ0n) is 7.58. The van der Waals surface area contributed by atoms with Crippen molar-refractivity contribution in [1.29, 1.82) is 0 Å². The molecular weight excluding hydrogens is 160 g/mol. The maximum Gasteiger partial charge on any atom is 0.279 e. The average molecular weight is 176 g/mol. The van der Waals surface area contributed by atoms with Crippen LogP contribution in [0, 0.1) is 0 Å². The van der Waals surface area contributed by atoms with Gasteiger partial charge in [-0.05, 0) is 12.8 Å². The first-order chi connectivity index (χ1) is 5.68. The van der Waals surface area contributed by atoms with Crippen LogP contribution in [0.3, 0.4) is 0 Å². The smallest absolute Gasteiger partial charge is 0.279 e. The molecule has 0 aromatic rings. The van der Waals surface area contributed by atoms with Crippen LogP contribution in [0.15, 0.2) is 0 Å². The lowest BCUT2D eigenvalue weighted by Gasteiger charge is -2.23. The normalized spacial score (nSPS) is 11.6. The van der Waals surface area contributed by atoms with E-state index in [1.165, 1.54) is 14.2 Å². The zero-order valence-corrected chi connectivity index (χ0v) is 7.58. The highest BCUT2D eigenvalue weighted by atomic mass is 16.8. The minimum absolute atomic E-state index is 0.383. The van der Waals surface area contributed by atoms with Crippen LogP contribution in [0.5, 0.6) is 0 Å². The Morgan fingerprint density at radius 3 is 2.33 bits per heavy atom. The van der Waals surface area contributed by atoms with Crippen molar-refractivity contribution >= 4 is 6.29 Å². The van der Waals surface area contributed by atoms with E-state index in [0.29, 0.717) is 19.3 Å². The summed E-state index contributed by atoms with van der Waals surface area (Å²) >= 11 is 0. The van der Waals surface area contributed by atoms with Gasteiger partial charge < -0.3 is 19.4 Å². The molecule has 0 amide bonds. The number of hydrogen-bond acceptors (Lipinski definition) is 4. The van der Waals surface area contributed by atoms with Crippen molar-refractivity contribution in [3.8, 4) is 0 Å². The first-order valence-electron chi connectivity index (χ1n) is 3.95. The zero-order chi connectivity index (χ0) is 9.45. The van der Waals surface area contributed by atoms with E-state index in [1.807, 2.05) is 0 Å². The van der Waals surface area contributed by atoms with E-state index < -0.39 is 5.97 Å². The lowest BCUT2D eigenvalue weighted by Crippen LogP contribution is -2.32. The number of ether oxygens (including phenoxy) is 2. The van der Waals surface area contributed by atoms with Gasteiger partial charge in [-0.1, -0.05) is 0 Å². The summed E-state index contributed by atoms with van der Waals surface area (Å²) in [5.41, 5.74) is 0. The number of carbonyl (C=O) groups is 1. The van der Waals surface area contributed by atoms with Gasteiger partial charge >= 0.3 is 0 Å². The third kappa shape index (κ3) is 4.43. The van der Waals surface area contributed by atoms with Gasteiger partial charge in [0.25, 0.3) is 5.97 Å². The second-order valence-corrected chi connectivity index (χ2v) is 2.53. The van der Waals surface area contributed by atoms with Gasteiger partial charge in [0.05, 0.1) is 0 Å². The molecule has 0 aliphatic rings. The Morgan fingerprint density at radius 2 is 1.92 bits per heavy atom. The highest BCUT2D eigenvalue weighted by Crippen LogP contribution is 2.15. The van der Waals surface area contributed by atoms with Gasteiger partial charge in [-0.25, -0.2) is 0 Å². The molecule has 0 saturated carbocycles. The van der Waals surface area contributed by atoms with Gasteiger partial charge in [0.2, 0.25) is 0 Å². The van der Waals surface area contributed by atoms with E-state index in [2.05, 4.69) is 0 Å². The summed E-state index contributed by atoms with van der Waals surface area (Å²) in [4.78, 5) is 9.94. The SMILES string of the molecule is COC(O)(CCCCC=O)OC. The van der Waals surface area contributed by atoms with E-state index >= 15 is 0 Å². The Labute approximate surface area is 72.5 Å². The summed E-state index contributed by atoms with van der Waals surface area (Å²) in [5.74, 6) is -1.48. The van der Waals surface area contributed by atoms with Gasteiger partial charge in [-0.3, -0.25) is 0 Å². The van der Waals surface area contributed by atoms with Crippen LogP contribution in [0.25, 0.3) is 0 Å². The monoisotopic (exact) mass is 176 g/mol. The summed E-state index contributed by atoms with van der Waals surface area (Å²) in [6.45, 7) is 0.